The highest BCUT2D eigenvalue weighted by molar-refractivity contribution is 7.92. The van der Waals surface area contributed by atoms with Gasteiger partial charge in [0.1, 0.15) is 18.1 Å². The highest BCUT2D eigenvalue weighted by Gasteiger charge is 2.21. The maximum absolute atomic E-state index is 13.3. The van der Waals surface area contributed by atoms with Crippen LogP contribution in [0.5, 0.6) is 5.75 Å². The van der Waals surface area contributed by atoms with Crippen molar-refractivity contribution in [2.45, 2.75) is 12.8 Å². The molecular formula is C19H22ClFN2O4S. The van der Waals surface area contributed by atoms with Crippen LogP contribution in [0, 0.1) is 5.82 Å². The fourth-order valence-corrected chi connectivity index (χ4v) is 3.60. The third-order valence-electron chi connectivity index (χ3n) is 3.98. The maximum Gasteiger partial charge on any atom is 0.240 e. The Morgan fingerprint density at radius 1 is 1.25 bits per heavy atom. The Morgan fingerprint density at radius 2 is 2.00 bits per heavy atom. The summed E-state index contributed by atoms with van der Waals surface area (Å²) in [5.74, 6) is -0.360. The van der Waals surface area contributed by atoms with Gasteiger partial charge in [0.25, 0.3) is 0 Å². The van der Waals surface area contributed by atoms with E-state index in [1.54, 1.807) is 7.11 Å². The molecular weight excluding hydrogens is 407 g/mol. The Hall–Kier alpha value is -2.32. The summed E-state index contributed by atoms with van der Waals surface area (Å²) in [5.41, 5.74) is 1.20. The van der Waals surface area contributed by atoms with Crippen molar-refractivity contribution in [1.29, 1.82) is 0 Å². The molecule has 28 heavy (non-hydrogen) atoms. The van der Waals surface area contributed by atoms with Crippen LogP contribution >= 0.6 is 11.6 Å². The minimum absolute atomic E-state index is 0.125. The number of benzene rings is 2. The lowest BCUT2D eigenvalue weighted by molar-refractivity contribution is -0.119. The number of carbonyl (C=O) groups excluding carboxylic acids is 1. The Balaban J connectivity index is 1.92. The summed E-state index contributed by atoms with van der Waals surface area (Å²) in [6, 6.07) is 11.1. The molecule has 0 fully saturated rings. The van der Waals surface area contributed by atoms with Gasteiger partial charge in [-0.1, -0.05) is 23.7 Å². The van der Waals surface area contributed by atoms with Crippen molar-refractivity contribution in [2.24, 2.45) is 0 Å². The van der Waals surface area contributed by atoms with E-state index in [0.29, 0.717) is 13.0 Å². The molecule has 0 saturated heterocycles. The van der Waals surface area contributed by atoms with Crippen LogP contribution < -0.4 is 14.4 Å². The van der Waals surface area contributed by atoms with Crippen molar-refractivity contribution in [3.05, 3.63) is 58.9 Å². The molecule has 0 radical (unpaired) electrons. The van der Waals surface area contributed by atoms with E-state index in [1.165, 1.54) is 12.1 Å². The van der Waals surface area contributed by atoms with Crippen molar-refractivity contribution in [3.8, 4) is 5.75 Å². The van der Waals surface area contributed by atoms with Gasteiger partial charge in [0, 0.05) is 6.54 Å². The fourth-order valence-electron chi connectivity index (χ4n) is 2.57. The smallest absolute Gasteiger partial charge is 0.240 e. The minimum atomic E-state index is -3.75. The number of ether oxygens (including phenoxy) is 1. The van der Waals surface area contributed by atoms with E-state index in [2.05, 4.69) is 5.32 Å². The van der Waals surface area contributed by atoms with Gasteiger partial charge in [-0.2, -0.15) is 0 Å². The van der Waals surface area contributed by atoms with Crippen LogP contribution in [0.4, 0.5) is 10.1 Å². The number of amides is 1. The summed E-state index contributed by atoms with van der Waals surface area (Å²) >= 11 is 5.72. The summed E-state index contributed by atoms with van der Waals surface area (Å²) in [4.78, 5) is 12.2. The summed E-state index contributed by atoms with van der Waals surface area (Å²) in [6.07, 6.45) is 2.39. The fraction of sp³-hybridized carbons (Fsp3) is 0.316. The first kappa shape index (κ1) is 22.0. The van der Waals surface area contributed by atoms with Crippen LogP contribution in [0.15, 0.2) is 42.5 Å². The van der Waals surface area contributed by atoms with E-state index >= 15 is 0 Å². The lowest BCUT2D eigenvalue weighted by atomic mass is 10.1. The van der Waals surface area contributed by atoms with Gasteiger partial charge in [-0.3, -0.25) is 9.10 Å². The SMILES string of the molecule is COc1cccc(CCCNC(=O)CN(c2ccc(F)c(Cl)c2)S(C)(=O)=O)c1. The second kappa shape index (κ2) is 9.75. The van der Waals surface area contributed by atoms with Gasteiger partial charge in [-0.15, -0.1) is 0 Å². The molecule has 0 aliphatic heterocycles. The minimum Gasteiger partial charge on any atom is -0.497 e. The van der Waals surface area contributed by atoms with Crippen LogP contribution in [-0.4, -0.2) is 40.8 Å². The topological polar surface area (TPSA) is 75.7 Å². The van der Waals surface area contributed by atoms with Crippen LogP contribution in [0.3, 0.4) is 0 Å². The number of halogens is 2. The van der Waals surface area contributed by atoms with Gasteiger partial charge >= 0.3 is 0 Å². The molecule has 1 N–H and O–H groups in total. The standard InChI is InChI=1S/C19H22ClFN2O4S/c1-27-16-7-3-5-14(11-16)6-4-10-22-19(24)13-23(28(2,25)26)15-8-9-18(21)17(20)12-15/h3,5,7-9,11-12H,4,6,10,13H2,1-2H3,(H,22,24). The number of rotatable bonds is 9. The predicted octanol–water partition coefficient (Wildman–Crippen LogP) is 3.00. The third kappa shape index (κ3) is 6.38. The van der Waals surface area contributed by atoms with Gasteiger partial charge in [-0.05, 0) is 48.7 Å². The molecule has 0 heterocycles. The average molecular weight is 429 g/mol. The third-order valence-corrected chi connectivity index (χ3v) is 5.41. The summed E-state index contributed by atoms with van der Waals surface area (Å²) in [5, 5.41) is 2.48. The number of nitrogens with zero attached hydrogens (tertiary/aromatic N) is 1. The molecule has 0 saturated carbocycles. The molecule has 0 atom stereocenters. The summed E-state index contributed by atoms with van der Waals surface area (Å²) < 4.78 is 43.5. The lowest BCUT2D eigenvalue weighted by Gasteiger charge is -2.22. The van der Waals surface area contributed by atoms with E-state index in [0.717, 1.165) is 34.4 Å². The number of sulfonamides is 1. The summed E-state index contributed by atoms with van der Waals surface area (Å²) in [6.45, 7) is -0.0300. The second-order valence-corrected chi connectivity index (χ2v) is 8.49. The predicted molar refractivity (Wildman–Crippen MR) is 108 cm³/mol. The van der Waals surface area contributed by atoms with Crippen LogP contribution in [0.2, 0.25) is 5.02 Å². The van der Waals surface area contributed by atoms with Gasteiger partial charge in [0.15, 0.2) is 0 Å². The second-order valence-electron chi connectivity index (χ2n) is 6.17. The number of nitrogens with one attached hydrogen (secondary N) is 1. The lowest BCUT2D eigenvalue weighted by Crippen LogP contribution is -2.40. The van der Waals surface area contributed by atoms with Crippen molar-refractivity contribution in [2.75, 3.05) is 30.8 Å². The highest BCUT2D eigenvalue weighted by Crippen LogP contribution is 2.24. The largest absolute Gasteiger partial charge is 0.497 e. The summed E-state index contributed by atoms with van der Waals surface area (Å²) in [7, 11) is -2.15. The zero-order valence-corrected chi connectivity index (χ0v) is 17.2. The molecule has 6 nitrogen and oxygen atoms in total. The van der Waals surface area contributed by atoms with Crippen molar-refractivity contribution < 1.29 is 22.3 Å². The van der Waals surface area contributed by atoms with Crippen molar-refractivity contribution in [3.63, 3.8) is 0 Å². The molecule has 9 heteroatoms. The molecule has 2 rings (SSSR count). The van der Waals surface area contributed by atoms with Crippen LogP contribution in [0.1, 0.15) is 12.0 Å². The highest BCUT2D eigenvalue weighted by atomic mass is 35.5. The number of anilines is 1. The first-order valence-corrected chi connectivity index (χ1v) is 10.8. The number of carbonyl (C=O) groups is 1. The number of hydrogen-bond donors (Lipinski definition) is 1. The molecule has 0 aliphatic carbocycles. The molecule has 0 aromatic heterocycles. The number of methoxy groups -OCH3 is 1. The Bertz CT molecular complexity index is 937. The van der Waals surface area contributed by atoms with Crippen LogP contribution in [0.25, 0.3) is 0 Å². The van der Waals surface area contributed by atoms with E-state index in [-0.39, 0.29) is 10.7 Å². The molecule has 2 aromatic carbocycles. The molecule has 152 valence electrons. The molecule has 0 spiro atoms. The van der Waals surface area contributed by atoms with E-state index in [1.807, 2.05) is 24.3 Å². The molecule has 0 aliphatic rings. The first-order chi connectivity index (χ1) is 13.2. The zero-order valence-electron chi connectivity index (χ0n) is 15.6. The monoisotopic (exact) mass is 428 g/mol. The Kier molecular flexibility index (Phi) is 7.65. The van der Waals surface area contributed by atoms with Gasteiger partial charge in [0.2, 0.25) is 15.9 Å². The van der Waals surface area contributed by atoms with Gasteiger partial charge < -0.3 is 10.1 Å². The normalized spacial score (nSPS) is 11.1. The van der Waals surface area contributed by atoms with Crippen molar-refractivity contribution >= 4 is 33.2 Å². The molecule has 0 unspecified atom stereocenters. The maximum atomic E-state index is 13.3. The van der Waals surface area contributed by atoms with E-state index in [9.17, 15) is 17.6 Å². The Morgan fingerprint density at radius 3 is 2.64 bits per heavy atom. The van der Waals surface area contributed by atoms with E-state index in [4.69, 9.17) is 16.3 Å². The van der Waals surface area contributed by atoms with Gasteiger partial charge in [0.05, 0.1) is 24.1 Å². The number of hydrogen-bond acceptors (Lipinski definition) is 4. The van der Waals surface area contributed by atoms with E-state index < -0.39 is 28.3 Å². The van der Waals surface area contributed by atoms with Gasteiger partial charge in [-0.25, -0.2) is 12.8 Å². The molecule has 0 bridgehead atoms. The number of aryl methyl sites for hydroxylation is 1. The quantitative estimate of drug-likeness (QED) is 0.623. The Labute approximate surface area is 169 Å². The van der Waals surface area contributed by atoms with Crippen LogP contribution in [-0.2, 0) is 21.2 Å². The zero-order chi connectivity index (χ0) is 20.7. The molecule has 2 aromatic rings. The van der Waals surface area contributed by atoms with Crippen molar-refractivity contribution in [1.82, 2.24) is 5.32 Å². The molecule has 1 amide bonds. The first-order valence-electron chi connectivity index (χ1n) is 8.53. The average Bonchev–Trinajstić information content (AvgIpc) is 2.65.